The topological polar surface area (TPSA) is 149 Å². The van der Waals surface area contributed by atoms with Gasteiger partial charge in [-0.25, -0.2) is 4.98 Å². The summed E-state index contributed by atoms with van der Waals surface area (Å²) in [5.41, 5.74) is 5.92. The number of amidine groups is 1. The number of ketones is 1. The van der Waals surface area contributed by atoms with Crippen LogP contribution in [0.1, 0.15) is 31.9 Å². The van der Waals surface area contributed by atoms with Gasteiger partial charge in [0.2, 0.25) is 5.91 Å². The van der Waals surface area contributed by atoms with Gasteiger partial charge < -0.3 is 16.4 Å². The van der Waals surface area contributed by atoms with Gasteiger partial charge in [-0.2, -0.15) is 4.99 Å². The number of rotatable bonds is 12. The summed E-state index contributed by atoms with van der Waals surface area (Å²) < 4.78 is 1.22. The first kappa shape index (κ1) is 25.8. The number of nitrogens with two attached hydrogens (primary N) is 1. The van der Waals surface area contributed by atoms with Gasteiger partial charge in [0.05, 0.1) is 24.7 Å². The van der Waals surface area contributed by atoms with Crippen LogP contribution >= 0.6 is 11.8 Å². The zero-order valence-corrected chi connectivity index (χ0v) is 19.4. The second kappa shape index (κ2) is 13.2. The minimum absolute atomic E-state index is 0.0876. The van der Waals surface area contributed by atoms with E-state index < -0.39 is 23.4 Å². The zero-order chi connectivity index (χ0) is 24.2. The lowest BCUT2D eigenvalue weighted by atomic mass is 10.2. The Labute approximate surface area is 196 Å². The molecule has 2 aromatic rings. The largest absolute Gasteiger partial charge is 0.387 e. The fourth-order valence-corrected chi connectivity index (χ4v) is 3.77. The number of hydrogen-bond acceptors (Lipinski definition) is 7. The lowest BCUT2D eigenvalue weighted by Gasteiger charge is -2.18. The molecule has 4 N–H and O–H groups in total. The Hall–Kier alpha value is -3.47. The smallest absolute Gasteiger partial charge is 0.294 e. The van der Waals surface area contributed by atoms with E-state index in [0.717, 1.165) is 5.56 Å². The quantitative estimate of drug-likeness (QED) is 0.307. The summed E-state index contributed by atoms with van der Waals surface area (Å²) in [6.07, 6.45) is 3.07. The Kier molecular flexibility index (Phi) is 10.3. The summed E-state index contributed by atoms with van der Waals surface area (Å²) in [6.45, 7) is 2.85. The molecule has 0 saturated carbocycles. The van der Waals surface area contributed by atoms with Gasteiger partial charge in [0.1, 0.15) is 6.04 Å². The molecule has 176 valence electrons. The third-order valence-corrected chi connectivity index (χ3v) is 5.50. The number of benzene rings is 1. The molecule has 1 aromatic carbocycles. The van der Waals surface area contributed by atoms with Crippen LogP contribution in [0.25, 0.3) is 0 Å². The maximum atomic E-state index is 12.7. The molecule has 0 aliphatic rings. The maximum absolute atomic E-state index is 12.7. The summed E-state index contributed by atoms with van der Waals surface area (Å²) in [6, 6.07) is 8.97. The Morgan fingerprint density at radius 2 is 1.94 bits per heavy atom. The van der Waals surface area contributed by atoms with E-state index in [9.17, 15) is 19.2 Å². The lowest BCUT2D eigenvalue weighted by Crippen LogP contribution is -2.40. The van der Waals surface area contributed by atoms with Crippen molar-refractivity contribution in [3.63, 3.8) is 0 Å². The van der Waals surface area contributed by atoms with E-state index in [2.05, 4.69) is 20.6 Å². The highest BCUT2D eigenvalue weighted by molar-refractivity contribution is 7.99. The molecule has 0 aliphatic carbocycles. The SMILES string of the molecule is CCC(C(=O)NCC(=O)CSCc1ccccc1)n1ccnc(NCC(=O)N=C(C)N)c1=O. The van der Waals surface area contributed by atoms with E-state index in [1.165, 1.54) is 35.6 Å². The van der Waals surface area contributed by atoms with Crippen molar-refractivity contribution >= 4 is 41.0 Å². The Balaban J connectivity index is 1.92. The maximum Gasteiger partial charge on any atom is 0.294 e. The number of anilines is 1. The van der Waals surface area contributed by atoms with Crippen LogP contribution in [0.2, 0.25) is 0 Å². The molecule has 1 aromatic heterocycles. The first-order valence-electron chi connectivity index (χ1n) is 10.4. The summed E-state index contributed by atoms with van der Waals surface area (Å²) in [4.78, 5) is 56.7. The highest BCUT2D eigenvalue weighted by Crippen LogP contribution is 2.12. The first-order chi connectivity index (χ1) is 15.8. The first-order valence-corrected chi connectivity index (χ1v) is 11.5. The standard InChI is InChI=1S/C22H28N6O4S/c1-3-18(21(31)26-11-17(29)14-33-13-16-7-5-4-6-8-16)28-10-9-24-20(22(28)32)25-12-19(30)27-15(2)23/h4-10,18H,3,11-14H2,1-2H3,(H,24,25)(H,26,31)(H2,23,27,30). The molecule has 0 fully saturated rings. The molecule has 0 spiro atoms. The fourth-order valence-electron chi connectivity index (χ4n) is 2.91. The van der Waals surface area contributed by atoms with E-state index in [-0.39, 0.29) is 36.3 Å². The van der Waals surface area contributed by atoms with Crippen molar-refractivity contribution in [1.29, 1.82) is 0 Å². The number of aromatic nitrogens is 2. The van der Waals surface area contributed by atoms with Gasteiger partial charge in [0, 0.05) is 18.1 Å². The number of amides is 2. The van der Waals surface area contributed by atoms with Crippen LogP contribution in [0.15, 0.2) is 52.5 Å². The molecular weight excluding hydrogens is 444 g/mol. The Morgan fingerprint density at radius 1 is 1.21 bits per heavy atom. The number of nitrogens with zero attached hydrogens (tertiary/aromatic N) is 3. The molecule has 10 nitrogen and oxygen atoms in total. The monoisotopic (exact) mass is 472 g/mol. The second-order valence-electron chi connectivity index (χ2n) is 7.15. The molecular formula is C22H28N6O4S. The molecule has 0 saturated heterocycles. The summed E-state index contributed by atoms with van der Waals surface area (Å²) in [5, 5.41) is 5.23. The molecule has 33 heavy (non-hydrogen) atoms. The van der Waals surface area contributed by atoms with Crippen molar-refractivity contribution in [2.24, 2.45) is 10.7 Å². The van der Waals surface area contributed by atoms with Crippen molar-refractivity contribution in [3.05, 3.63) is 58.6 Å². The minimum Gasteiger partial charge on any atom is -0.387 e. The van der Waals surface area contributed by atoms with Crippen molar-refractivity contribution in [1.82, 2.24) is 14.9 Å². The Bertz CT molecular complexity index is 1050. The molecule has 11 heteroatoms. The Morgan fingerprint density at radius 3 is 2.61 bits per heavy atom. The predicted octanol–water partition coefficient (Wildman–Crippen LogP) is 1.13. The van der Waals surface area contributed by atoms with Gasteiger partial charge in [-0.15, -0.1) is 11.8 Å². The summed E-state index contributed by atoms with van der Waals surface area (Å²) >= 11 is 1.48. The fraction of sp³-hybridized carbons (Fsp3) is 0.364. The van der Waals surface area contributed by atoms with Gasteiger partial charge >= 0.3 is 0 Å². The normalized spacial score (nSPS) is 12.1. The number of nitrogens with one attached hydrogen (secondary N) is 2. The predicted molar refractivity (Wildman–Crippen MR) is 129 cm³/mol. The summed E-state index contributed by atoms with van der Waals surface area (Å²) in [5.74, 6) is -0.116. The molecule has 1 unspecified atom stereocenters. The van der Waals surface area contributed by atoms with Crippen molar-refractivity contribution in [2.45, 2.75) is 32.1 Å². The van der Waals surface area contributed by atoms with Crippen LogP contribution in [-0.2, 0) is 20.1 Å². The van der Waals surface area contributed by atoms with Crippen LogP contribution in [0, 0.1) is 0 Å². The average Bonchev–Trinajstić information content (AvgIpc) is 2.78. The van der Waals surface area contributed by atoms with E-state index in [0.29, 0.717) is 12.2 Å². The second-order valence-corrected chi connectivity index (χ2v) is 8.13. The number of aliphatic imine (C=N–C) groups is 1. The number of thioether (sulfide) groups is 1. The van der Waals surface area contributed by atoms with Gasteiger partial charge in [-0.3, -0.25) is 23.7 Å². The van der Waals surface area contributed by atoms with Crippen LogP contribution in [-0.4, -0.2) is 51.8 Å². The van der Waals surface area contributed by atoms with Crippen molar-refractivity contribution < 1.29 is 14.4 Å². The van der Waals surface area contributed by atoms with Gasteiger partial charge in [-0.1, -0.05) is 37.3 Å². The van der Waals surface area contributed by atoms with E-state index in [1.54, 1.807) is 6.92 Å². The summed E-state index contributed by atoms with van der Waals surface area (Å²) in [7, 11) is 0. The molecule has 0 aliphatic heterocycles. The van der Waals surface area contributed by atoms with E-state index >= 15 is 0 Å². The van der Waals surface area contributed by atoms with Crippen molar-refractivity contribution in [2.75, 3.05) is 24.2 Å². The third-order valence-electron chi connectivity index (χ3n) is 4.44. The van der Waals surface area contributed by atoms with Gasteiger partial charge in [0.25, 0.3) is 11.5 Å². The van der Waals surface area contributed by atoms with E-state index in [1.807, 2.05) is 30.3 Å². The van der Waals surface area contributed by atoms with Gasteiger partial charge in [0.15, 0.2) is 11.6 Å². The molecule has 2 rings (SSSR count). The highest BCUT2D eigenvalue weighted by Gasteiger charge is 2.21. The van der Waals surface area contributed by atoms with Crippen molar-refractivity contribution in [3.8, 4) is 0 Å². The molecule has 0 bridgehead atoms. The van der Waals surface area contributed by atoms with E-state index in [4.69, 9.17) is 5.73 Å². The van der Waals surface area contributed by atoms with Crippen LogP contribution in [0.5, 0.6) is 0 Å². The van der Waals surface area contributed by atoms with Gasteiger partial charge in [-0.05, 0) is 18.9 Å². The third kappa shape index (κ3) is 8.53. The van der Waals surface area contributed by atoms with Crippen LogP contribution in [0.3, 0.4) is 0 Å². The van der Waals surface area contributed by atoms with Crippen LogP contribution in [0.4, 0.5) is 5.82 Å². The zero-order valence-electron chi connectivity index (χ0n) is 18.6. The highest BCUT2D eigenvalue weighted by atomic mass is 32.2. The molecule has 1 heterocycles. The molecule has 1 atom stereocenters. The number of carbonyl (C=O) groups excluding carboxylic acids is 3. The number of carbonyl (C=O) groups is 3. The minimum atomic E-state index is -0.828. The molecule has 2 amide bonds. The molecule has 0 radical (unpaired) electrons. The number of hydrogen-bond donors (Lipinski definition) is 3. The number of Topliss-reactive ketones (excluding diaryl/α,β-unsaturated/α-hetero) is 1. The average molecular weight is 473 g/mol. The lowest BCUT2D eigenvalue weighted by molar-refractivity contribution is -0.127. The van der Waals surface area contributed by atoms with Crippen LogP contribution < -0.4 is 21.9 Å².